The van der Waals surface area contributed by atoms with Crippen molar-refractivity contribution in [3.63, 3.8) is 0 Å². The van der Waals surface area contributed by atoms with Gasteiger partial charge in [-0.3, -0.25) is 9.36 Å². The molecule has 0 atom stereocenters. The van der Waals surface area contributed by atoms with E-state index < -0.39 is 0 Å². The molecule has 8 nitrogen and oxygen atoms in total. The zero-order valence-electron chi connectivity index (χ0n) is 18.6. The van der Waals surface area contributed by atoms with Gasteiger partial charge in [-0.05, 0) is 36.4 Å². The van der Waals surface area contributed by atoms with Crippen molar-refractivity contribution < 1.29 is 31.4 Å². The number of aromatic hydroxyl groups is 1. The van der Waals surface area contributed by atoms with E-state index in [-0.39, 0.29) is 28.4 Å². The van der Waals surface area contributed by atoms with Gasteiger partial charge in [0, 0.05) is 22.2 Å². The van der Waals surface area contributed by atoms with E-state index in [0.29, 0.717) is 22.8 Å². The molecular formula is C25H22BrN5O3. The Morgan fingerprint density at radius 2 is 1.94 bits per heavy atom. The largest absolute Gasteiger partial charge is 1.00 e. The lowest BCUT2D eigenvalue weighted by Crippen LogP contribution is -3.00. The SMILES string of the molecule is COc1ccc(-n2c(O)c3ccc4c(=O)nc5ccc2c3c54)c(NCCn2cc[n+](C)c2)c1.[Br-]. The van der Waals surface area contributed by atoms with E-state index >= 15 is 0 Å². The van der Waals surface area contributed by atoms with E-state index in [1.807, 2.05) is 65.2 Å². The number of hydrogen-bond acceptors (Lipinski definition) is 5. The Morgan fingerprint density at radius 3 is 2.71 bits per heavy atom. The Balaban J connectivity index is 0.00000241. The number of aromatic nitrogens is 4. The lowest BCUT2D eigenvalue weighted by Gasteiger charge is -2.16. The van der Waals surface area contributed by atoms with E-state index in [4.69, 9.17) is 4.74 Å². The highest BCUT2D eigenvalue weighted by atomic mass is 79.9. The Morgan fingerprint density at radius 1 is 1.12 bits per heavy atom. The number of hydrogen-bond donors (Lipinski definition) is 2. The normalized spacial score (nSPS) is 11.5. The maximum atomic E-state index is 12.3. The molecule has 0 amide bonds. The van der Waals surface area contributed by atoms with Crippen LogP contribution in [0, 0.1) is 0 Å². The van der Waals surface area contributed by atoms with Gasteiger partial charge in [-0.1, -0.05) is 0 Å². The zero-order valence-corrected chi connectivity index (χ0v) is 20.2. The fraction of sp³-hybridized carbons (Fsp3) is 0.160. The highest BCUT2D eigenvalue weighted by molar-refractivity contribution is 6.24. The lowest BCUT2D eigenvalue weighted by molar-refractivity contribution is -0.671. The van der Waals surface area contributed by atoms with Crippen LogP contribution >= 0.6 is 0 Å². The van der Waals surface area contributed by atoms with Gasteiger partial charge in [0.1, 0.15) is 24.7 Å². The van der Waals surface area contributed by atoms with Crippen LogP contribution in [0.2, 0.25) is 0 Å². The summed E-state index contributed by atoms with van der Waals surface area (Å²) in [5.74, 6) is 0.841. The molecule has 0 bridgehead atoms. The minimum atomic E-state index is -0.239. The summed E-state index contributed by atoms with van der Waals surface area (Å²) in [4.78, 5) is 16.5. The Hall–Kier alpha value is -3.85. The number of anilines is 1. The standard InChI is InChI=1S/C25H21N5O3.BrH/c1-28-11-12-29(14-28)10-9-26-19-13-15(33-2)3-7-20(19)30-21-8-6-18-22-16(24(31)27-18)4-5-17(23(21)22)25(30)32;/h3-8,11-14,26H,9-10H2,1-2H3;1H. The third kappa shape index (κ3) is 3.23. The second-order valence-electron chi connectivity index (χ2n) is 8.22. The molecule has 9 heteroatoms. The number of rotatable bonds is 6. The van der Waals surface area contributed by atoms with Crippen LogP contribution in [0.5, 0.6) is 11.6 Å². The Labute approximate surface area is 205 Å². The molecule has 3 aromatic heterocycles. The third-order valence-corrected chi connectivity index (χ3v) is 6.22. The van der Waals surface area contributed by atoms with Gasteiger partial charge in [-0.25, -0.2) is 14.1 Å². The molecule has 0 spiro atoms. The van der Waals surface area contributed by atoms with Gasteiger partial charge in [0.2, 0.25) is 12.2 Å². The second kappa shape index (κ2) is 8.18. The molecule has 0 saturated heterocycles. The van der Waals surface area contributed by atoms with Gasteiger partial charge in [0.25, 0.3) is 5.56 Å². The number of nitrogens with zero attached hydrogens (tertiary/aromatic N) is 4. The van der Waals surface area contributed by atoms with E-state index in [0.717, 1.165) is 40.0 Å². The number of imidazole rings is 1. The highest BCUT2D eigenvalue weighted by Gasteiger charge is 2.22. The van der Waals surface area contributed by atoms with Crippen molar-refractivity contribution in [2.75, 3.05) is 19.0 Å². The van der Waals surface area contributed by atoms with Crippen molar-refractivity contribution in [1.82, 2.24) is 14.1 Å². The minimum absolute atomic E-state index is 0. The fourth-order valence-electron chi connectivity index (χ4n) is 4.68. The molecule has 0 aliphatic rings. The van der Waals surface area contributed by atoms with Crippen LogP contribution in [0.15, 0.2) is 66.0 Å². The van der Waals surface area contributed by atoms with E-state index in [2.05, 4.69) is 14.9 Å². The van der Waals surface area contributed by atoms with E-state index in [1.54, 1.807) is 19.2 Å². The maximum absolute atomic E-state index is 12.3. The van der Waals surface area contributed by atoms with Gasteiger partial charge in [0.05, 0.1) is 48.5 Å². The summed E-state index contributed by atoms with van der Waals surface area (Å²) in [5.41, 5.74) is 2.85. The molecule has 0 aliphatic heterocycles. The number of nitrogens with one attached hydrogen (secondary N) is 1. The van der Waals surface area contributed by atoms with Crippen LogP contribution in [0.4, 0.5) is 5.69 Å². The molecule has 34 heavy (non-hydrogen) atoms. The quantitative estimate of drug-likeness (QED) is 0.303. The predicted molar refractivity (Wildman–Crippen MR) is 127 cm³/mol. The molecule has 2 N–H and O–H groups in total. The predicted octanol–water partition coefficient (Wildman–Crippen LogP) is 0.0240. The average molecular weight is 520 g/mol. The van der Waals surface area contributed by atoms with Crippen molar-refractivity contribution in [2.24, 2.45) is 7.05 Å². The van der Waals surface area contributed by atoms with Crippen LogP contribution in [0.25, 0.3) is 38.3 Å². The molecule has 0 saturated carbocycles. The Bertz CT molecular complexity index is 1690. The van der Waals surface area contributed by atoms with Crippen LogP contribution in [0.3, 0.4) is 0 Å². The van der Waals surface area contributed by atoms with Crippen molar-refractivity contribution in [1.29, 1.82) is 0 Å². The van der Waals surface area contributed by atoms with Crippen LogP contribution in [-0.2, 0) is 13.6 Å². The summed E-state index contributed by atoms with van der Waals surface area (Å²) in [5, 5.41) is 17.7. The number of ether oxygens (including phenoxy) is 1. The Kier molecular flexibility index (Phi) is 5.28. The van der Waals surface area contributed by atoms with Crippen molar-refractivity contribution in [3.05, 3.63) is 71.5 Å². The number of aryl methyl sites for hydroxylation is 1. The molecule has 0 radical (unpaired) electrons. The topological polar surface area (TPSA) is 85.2 Å². The number of benzene rings is 3. The van der Waals surface area contributed by atoms with Gasteiger partial charge in [-0.2, -0.15) is 0 Å². The lowest BCUT2D eigenvalue weighted by atomic mass is 10.0. The number of halogens is 1. The third-order valence-electron chi connectivity index (χ3n) is 6.22. The molecular weight excluding hydrogens is 498 g/mol. The first-order valence-electron chi connectivity index (χ1n) is 10.7. The molecule has 0 fully saturated rings. The summed E-state index contributed by atoms with van der Waals surface area (Å²) in [6, 6.07) is 13.0. The molecule has 0 unspecified atom stereocenters. The van der Waals surface area contributed by atoms with Gasteiger partial charge < -0.3 is 32.1 Å². The van der Waals surface area contributed by atoms with Gasteiger partial charge in [-0.15, -0.1) is 0 Å². The molecule has 6 rings (SSSR count). The minimum Gasteiger partial charge on any atom is -1.00 e. The van der Waals surface area contributed by atoms with E-state index in [9.17, 15) is 9.90 Å². The fourth-order valence-corrected chi connectivity index (χ4v) is 4.68. The molecule has 3 aromatic carbocycles. The molecule has 6 aromatic rings. The summed E-state index contributed by atoms with van der Waals surface area (Å²) in [7, 11) is 3.62. The average Bonchev–Trinajstić information content (AvgIpc) is 3.47. The van der Waals surface area contributed by atoms with Crippen LogP contribution < -0.4 is 37.2 Å². The summed E-state index contributed by atoms with van der Waals surface area (Å²) in [6.45, 7) is 1.46. The first-order valence-corrected chi connectivity index (χ1v) is 10.7. The monoisotopic (exact) mass is 519 g/mol. The van der Waals surface area contributed by atoms with Crippen LogP contribution in [0.1, 0.15) is 0 Å². The molecule has 172 valence electrons. The van der Waals surface area contributed by atoms with Gasteiger partial charge >= 0.3 is 0 Å². The summed E-state index contributed by atoms with van der Waals surface area (Å²) in [6.07, 6.45) is 6.04. The second-order valence-corrected chi connectivity index (χ2v) is 8.22. The first-order chi connectivity index (χ1) is 16.0. The van der Waals surface area contributed by atoms with Crippen molar-refractivity contribution in [3.8, 4) is 17.3 Å². The van der Waals surface area contributed by atoms with E-state index in [1.165, 1.54) is 0 Å². The highest BCUT2D eigenvalue weighted by Crippen LogP contribution is 2.43. The smallest absolute Gasteiger partial charge is 0.278 e. The molecule has 0 aliphatic carbocycles. The van der Waals surface area contributed by atoms with Crippen molar-refractivity contribution in [2.45, 2.75) is 6.54 Å². The maximum Gasteiger partial charge on any atom is 0.278 e. The van der Waals surface area contributed by atoms with Crippen LogP contribution in [-0.4, -0.2) is 32.9 Å². The van der Waals surface area contributed by atoms with Gasteiger partial charge in [0.15, 0.2) is 0 Å². The summed E-state index contributed by atoms with van der Waals surface area (Å²) >= 11 is 0. The van der Waals surface area contributed by atoms with Crippen molar-refractivity contribution >= 4 is 38.3 Å². The zero-order chi connectivity index (χ0) is 22.7. The first kappa shape index (κ1) is 22.0. The number of methoxy groups -OCH3 is 1. The molecule has 3 heterocycles. The summed E-state index contributed by atoms with van der Waals surface area (Å²) < 4.78 is 11.4.